The van der Waals surface area contributed by atoms with Gasteiger partial charge >= 0.3 is 6.03 Å². The van der Waals surface area contributed by atoms with Crippen molar-refractivity contribution in [2.75, 3.05) is 39.9 Å². The molecular weight excluding hydrogens is 426 g/mol. The lowest BCUT2D eigenvalue weighted by atomic mass is 9.74. The number of urea groups is 1. The Morgan fingerprint density at radius 3 is 2.65 bits per heavy atom. The molecule has 0 bridgehead atoms. The van der Waals surface area contributed by atoms with Gasteiger partial charge in [0.2, 0.25) is 0 Å². The van der Waals surface area contributed by atoms with Gasteiger partial charge in [-0.15, -0.1) is 0 Å². The molecule has 0 aromatic heterocycles. The van der Waals surface area contributed by atoms with Gasteiger partial charge < -0.3 is 25.4 Å². The fourth-order valence-electron chi connectivity index (χ4n) is 5.98. The van der Waals surface area contributed by atoms with Gasteiger partial charge in [0.25, 0.3) is 0 Å². The standard InChI is InChI=1S/C28H47N3O3/c1-3-34-19-11-17-28(33,24-14-8-5-9-15-24)25-16-10-18-31(22-25)27(32)30-26(21-29-2)20-23-12-6-4-7-13-23/h5,8-9,14-15,23,25-26,29,33H,3-4,6-7,10-13,16-22H2,1-2H3,(H,30,32)/t25?,26-,28+/m0/s1. The maximum Gasteiger partial charge on any atom is 0.317 e. The van der Waals surface area contributed by atoms with E-state index in [0.717, 1.165) is 50.3 Å². The minimum atomic E-state index is -0.955. The van der Waals surface area contributed by atoms with Crippen LogP contribution in [0.3, 0.4) is 0 Å². The first-order chi connectivity index (χ1) is 16.6. The van der Waals surface area contributed by atoms with E-state index in [0.29, 0.717) is 26.2 Å². The molecule has 6 heteroatoms. The van der Waals surface area contributed by atoms with Crippen molar-refractivity contribution >= 4 is 6.03 Å². The van der Waals surface area contributed by atoms with Gasteiger partial charge in [-0.05, 0) is 57.6 Å². The average molecular weight is 474 g/mol. The third-order valence-corrected chi connectivity index (χ3v) is 7.83. The molecule has 1 saturated carbocycles. The quantitative estimate of drug-likeness (QED) is 0.386. The van der Waals surface area contributed by atoms with Crippen molar-refractivity contribution in [3.63, 3.8) is 0 Å². The van der Waals surface area contributed by atoms with E-state index in [1.807, 2.05) is 49.2 Å². The number of likely N-dealkylation sites (N-methyl/N-ethyl adjacent to an activating group) is 1. The average Bonchev–Trinajstić information content (AvgIpc) is 2.88. The van der Waals surface area contributed by atoms with E-state index in [1.165, 1.54) is 32.1 Å². The minimum absolute atomic E-state index is 0.0112. The number of ether oxygens (including phenoxy) is 1. The summed E-state index contributed by atoms with van der Waals surface area (Å²) in [6.45, 7) is 5.47. The molecule has 1 aliphatic carbocycles. The van der Waals surface area contributed by atoms with Gasteiger partial charge in [0, 0.05) is 44.8 Å². The van der Waals surface area contributed by atoms with Crippen molar-refractivity contribution in [1.82, 2.24) is 15.5 Å². The molecule has 2 aliphatic rings. The number of carbonyl (C=O) groups is 1. The van der Waals surface area contributed by atoms with Crippen LogP contribution in [-0.4, -0.2) is 62.0 Å². The summed E-state index contributed by atoms with van der Waals surface area (Å²) < 4.78 is 5.55. The van der Waals surface area contributed by atoms with Gasteiger partial charge in [-0.2, -0.15) is 0 Å². The number of carbonyl (C=O) groups excluding carboxylic acids is 1. The van der Waals surface area contributed by atoms with E-state index in [-0.39, 0.29) is 18.0 Å². The Kier molecular flexibility index (Phi) is 11.1. The highest BCUT2D eigenvalue weighted by Gasteiger charge is 2.41. The predicted molar refractivity (Wildman–Crippen MR) is 138 cm³/mol. The Balaban J connectivity index is 1.64. The number of likely N-dealkylation sites (tertiary alicyclic amines) is 1. The topological polar surface area (TPSA) is 73.8 Å². The van der Waals surface area contributed by atoms with E-state index in [4.69, 9.17) is 4.74 Å². The van der Waals surface area contributed by atoms with Gasteiger partial charge in [0.15, 0.2) is 0 Å². The van der Waals surface area contributed by atoms with Crippen LogP contribution in [0.2, 0.25) is 0 Å². The number of rotatable bonds is 12. The molecule has 1 aromatic carbocycles. The minimum Gasteiger partial charge on any atom is -0.385 e. The van der Waals surface area contributed by atoms with Gasteiger partial charge in [-0.1, -0.05) is 62.4 Å². The fourth-order valence-corrected chi connectivity index (χ4v) is 5.98. The summed E-state index contributed by atoms with van der Waals surface area (Å²) in [5, 5.41) is 18.6. The number of piperidine rings is 1. The van der Waals surface area contributed by atoms with Crippen LogP contribution in [-0.2, 0) is 10.3 Å². The summed E-state index contributed by atoms with van der Waals surface area (Å²) in [6.07, 6.45) is 10.9. The van der Waals surface area contributed by atoms with E-state index in [1.54, 1.807) is 0 Å². The molecule has 6 nitrogen and oxygen atoms in total. The van der Waals surface area contributed by atoms with Gasteiger partial charge in [-0.3, -0.25) is 0 Å². The van der Waals surface area contributed by atoms with E-state index in [2.05, 4.69) is 10.6 Å². The Morgan fingerprint density at radius 2 is 1.94 bits per heavy atom. The molecule has 2 fully saturated rings. The molecule has 1 aromatic rings. The zero-order valence-corrected chi connectivity index (χ0v) is 21.4. The first-order valence-electron chi connectivity index (χ1n) is 13.6. The Hall–Kier alpha value is -1.63. The molecule has 34 heavy (non-hydrogen) atoms. The molecule has 3 rings (SSSR count). The monoisotopic (exact) mass is 473 g/mol. The summed E-state index contributed by atoms with van der Waals surface area (Å²) in [7, 11) is 1.96. The van der Waals surface area contributed by atoms with Gasteiger partial charge in [0.1, 0.15) is 0 Å². The maximum absolute atomic E-state index is 13.3. The molecular formula is C28H47N3O3. The second-order valence-electron chi connectivity index (χ2n) is 10.3. The number of benzene rings is 1. The second-order valence-corrected chi connectivity index (χ2v) is 10.3. The van der Waals surface area contributed by atoms with Crippen LogP contribution >= 0.6 is 0 Å². The first kappa shape index (κ1) is 27.0. The van der Waals surface area contributed by atoms with Crippen LogP contribution in [0, 0.1) is 11.8 Å². The van der Waals surface area contributed by atoms with E-state index in [9.17, 15) is 9.90 Å². The summed E-state index contributed by atoms with van der Waals surface area (Å²) in [6, 6.07) is 10.2. The Morgan fingerprint density at radius 1 is 1.18 bits per heavy atom. The van der Waals surface area contributed by atoms with Crippen molar-refractivity contribution in [2.24, 2.45) is 11.8 Å². The Labute approximate surface area is 206 Å². The molecule has 1 unspecified atom stereocenters. The third kappa shape index (κ3) is 7.69. The Bertz CT molecular complexity index is 710. The molecule has 0 spiro atoms. The molecule has 3 N–H and O–H groups in total. The lowest BCUT2D eigenvalue weighted by Crippen LogP contribution is -2.54. The molecule has 0 radical (unpaired) electrons. The number of nitrogens with one attached hydrogen (secondary N) is 2. The fraction of sp³-hybridized carbons (Fsp3) is 0.750. The zero-order chi connectivity index (χ0) is 24.2. The van der Waals surface area contributed by atoms with Crippen LogP contribution in [0.15, 0.2) is 30.3 Å². The highest BCUT2D eigenvalue weighted by atomic mass is 16.5. The second kappa shape index (κ2) is 14.1. The van der Waals surface area contributed by atoms with Crippen LogP contribution in [0.1, 0.15) is 76.7 Å². The summed E-state index contributed by atoms with van der Waals surface area (Å²) in [5.41, 5.74) is -0.00632. The maximum atomic E-state index is 13.3. The molecule has 1 aliphatic heterocycles. The van der Waals surface area contributed by atoms with Crippen molar-refractivity contribution < 1.29 is 14.6 Å². The zero-order valence-electron chi connectivity index (χ0n) is 21.4. The molecule has 1 saturated heterocycles. The highest BCUT2D eigenvalue weighted by molar-refractivity contribution is 5.74. The molecule has 1 heterocycles. The number of aliphatic hydroxyl groups is 1. The van der Waals surface area contributed by atoms with Gasteiger partial charge in [0.05, 0.1) is 5.60 Å². The summed E-state index contributed by atoms with van der Waals surface area (Å²) in [4.78, 5) is 15.3. The van der Waals surface area contributed by atoms with Crippen LogP contribution in [0.4, 0.5) is 4.79 Å². The van der Waals surface area contributed by atoms with Crippen LogP contribution in [0.25, 0.3) is 0 Å². The van der Waals surface area contributed by atoms with Crippen molar-refractivity contribution in [3.8, 4) is 0 Å². The van der Waals surface area contributed by atoms with E-state index < -0.39 is 5.60 Å². The third-order valence-electron chi connectivity index (χ3n) is 7.83. The molecule has 3 atom stereocenters. The lowest BCUT2D eigenvalue weighted by Gasteiger charge is -2.43. The van der Waals surface area contributed by atoms with Gasteiger partial charge in [-0.25, -0.2) is 4.79 Å². The normalized spacial score (nSPS) is 22.2. The number of hydrogen-bond donors (Lipinski definition) is 3. The SMILES string of the molecule is CCOCCC[C@@](O)(c1ccccc1)C1CCCN(C(=O)N[C@H](CNC)CC2CCCCC2)C1. The summed E-state index contributed by atoms with van der Waals surface area (Å²) >= 11 is 0. The van der Waals surface area contributed by atoms with Crippen LogP contribution < -0.4 is 10.6 Å². The van der Waals surface area contributed by atoms with Crippen molar-refractivity contribution in [2.45, 2.75) is 82.8 Å². The van der Waals surface area contributed by atoms with Crippen LogP contribution in [0.5, 0.6) is 0 Å². The highest BCUT2D eigenvalue weighted by Crippen LogP contribution is 2.39. The number of nitrogens with zero attached hydrogens (tertiary/aromatic N) is 1. The first-order valence-corrected chi connectivity index (χ1v) is 13.6. The lowest BCUT2D eigenvalue weighted by molar-refractivity contribution is -0.0592. The summed E-state index contributed by atoms with van der Waals surface area (Å²) in [5.74, 6) is 0.729. The molecule has 192 valence electrons. The predicted octanol–water partition coefficient (Wildman–Crippen LogP) is 4.67. The van der Waals surface area contributed by atoms with Crippen molar-refractivity contribution in [3.05, 3.63) is 35.9 Å². The largest absolute Gasteiger partial charge is 0.385 e. The molecule has 2 amide bonds. The smallest absolute Gasteiger partial charge is 0.317 e. The van der Waals surface area contributed by atoms with Crippen molar-refractivity contribution in [1.29, 1.82) is 0 Å². The number of hydrogen-bond acceptors (Lipinski definition) is 4. The number of amides is 2. The van der Waals surface area contributed by atoms with E-state index >= 15 is 0 Å².